The molecule has 5 nitrogen and oxygen atoms in total. The first-order valence-corrected chi connectivity index (χ1v) is 9.81. The van der Waals surface area contributed by atoms with Crippen LogP contribution in [0.5, 0.6) is 0 Å². The maximum absolute atomic E-state index is 12.4. The van der Waals surface area contributed by atoms with Gasteiger partial charge in [-0.3, -0.25) is 4.79 Å². The third-order valence-corrected chi connectivity index (χ3v) is 5.33. The molecule has 0 heterocycles. The van der Waals surface area contributed by atoms with Gasteiger partial charge in [-0.15, -0.1) is 0 Å². The van der Waals surface area contributed by atoms with Crippen LogP contribution in [-0.2, 0) is 10.0 Å². The Morgan fingerprint density at radius 2 is 1.84 bits per heavy atom. The Morgan fingerprint density at radius 3 is 2.52 bits per heavy atom. The van der Waals surface area contributed by atoms with Gasteiger partial charge in [-0.05, 0) is 42.7 Å². The van der Waals surface area contributed by atoms with E-state index in [4.69, 9.17) is 11.6 Å². The van der Waals surface area contributed by atoms with Crippen molar-refractivity contribution in [2.45, 2.75) is 25.2 Å². The van der Waals surface area contributed by atoms with Gasteiger partial charge < -0.3 is 5.32 Å². The molecule has 1 amide bonds. The molecule has 0 aliphatic heterocycles. The molecule has 0 fully saturated rings. The van der Waals surface area contributed by atoms with E-state index >= 15 is 0 Å². The van der Waals surface area contributed by atoms with Gasteiger partial charge in [-0.1, -0.05) is 43.6 Å². The summed E-state index contributed by atoms with van der Waals surface area (Å²) in [5, 5.41) is 3.09. The van der Waals surface area contributed by atoms with Gasteiger partial charge >= 0.3 is 0 Å². The maximum atomic E-state index is 12.4. The number of rotatable bonds is 7. The highest BCUT2D eigenvalue weighted by atomic mass is 35.5. The molecule has 0 spiro atoms. The van der Waals surface area contributed by atoms with Crippen LogP contribution in [0.4, 0.5) is 5.69 Å². The van der Waals surface area contributed by atoms with Crippen LogP contribution in [0.1, 0.15) is 30.6 Å². The molecular formula is C18H21ClN2O3S. The first kappa shape index (κ1) is 19.4. The number of halogens is 1. The number of anilines is 1. The van der Waals surface area contributed by atoms with Crippen LogP contribution in [0.15, 0.2) is 53.4 Å². The number of carbonyl (C=O) groups is 1. The van der Waals surface area contributed by atoms with Crippen LogP contribution in [0.25, 0.3) is 0 Å². The van der Waals surface area contributed by atoms with Crippen molar-refractivity contribution in [1.82, 2.24) is 4.72 Å². The molecule has 0 unspecified atom stereocenters. The molecule has 0 atom stereocenters. The highest BCUT2D eigenvalue weighted by Crippen LogP contribution is 2.21. The highest BCUT2D eigenvalue weighted by molar-refractivity contribution is 7.89. The Kier molecular flexibility index (Phi) is 6.58. The summed E-state index contributed by atoms with van der Waals surface area (Å²) in [6, 6.07) is 12.8. The van der Waals surface area contributed by atoms with E-state index in [-0.39, 0.29) is 10.5 Å². The molecule has 0 aliphatic rings. The Morgan fingerprint density at radius 1 is 1.12 bits per heavy atom. The number of para-hydroxylation sites is 1. The lowest BCUT2D eigenvalue weighted by molar-refractivity contribution is 0.102. The monoisotopic (exact) mass is 380 g/mol. The first-order chi connectivity index (χ1) is 11.8. The summed E-state index contributed by atoms with van der Waals surface area (Å²) in [4.78, 5) is 12.4. The fourth-order valence-electron chi connectivity index (χ4n) is 2.13. The Hall–Kier alpha value is -1.89. The Balaban J connectivity index is 2.15. The molecule has 0 radical (unpaired) electrons. The molecule has 0 saturated carbocycles. The molecule has 134 valence electrons. The van der Waals surface area contributed by atoms with Crippen molar-refractivity contribution in [3.63, 3.8) is 0 Å². The minimum atomic E-state index is -3.65. The molecule has 0 aromatic heterocycles. The molecule has 25 heavy (non-hydrogen) atoms. The molecule has 0 saturated heterocycles. The minimum Gasteiger partial charge on any atom is -0.321 e. The van der Waals surface area contributed by atoms with Crippen LogP contribution in [0, 0.1) is 5.92 Å². The summed E-state index contributed by atoms with van der Waals surface area (Å²) >= 11 is 6.02. The predicted octanol–water partition coefficient (Wildman–Crippen LogP) is 3.92. The third kappa shape index (κ3) is 5.56. The van der Waals surface area contributed by atoms with Crippen LogP contribution in [-0.4, -0.2) is 20.9 Å². The van der Waals surface area contributed by atoms with E-state index < -0.39 is 15.9 Å². The van der Waals surface area contributed by atoms with E-state index in [1.807, 2.05) is 13.8 Å². The van der Waals surface area contributed by atoms with Crippen molar-refractivity contribution in [1.29, 1.82) is 0 Å². The lowest BCUT2D eigenvalue weighted by atomic mass is 10.1. The summed E-state index contributed by atoms with van der Waals surface area (Å²) < 4.78 is 27.2. The Bertz CT molecular complexity index is 851. The van der Waals surface area contributed by atoms with Crippen LogP contribution in [0.2, 0.25) is 5.02 Å². The second kappa shape index (κ2) is 8.47. The molecule has 0 bridgehead atoms. The van der Waals surface area contributed by atoms with E-state index in [0.717, 1.165) is 6.42 Å². The van der Waals surface area contributed by atoms with Crippen LogP contribution in [0.3, 0.4) is 0 Å². The molecular weight excluding hydrogens is 360 g/mol. The summed E-state index contributed by atoms with van der Waals surface area (Å²) in [5.41, 5.74) is 0.712. The van der Waals surface area contributed by atoms with Crippen LogP contribution < -0.4 is 10.0 Å². The second-order valence-electron chi connectivity index (χ2n) is 6.04. The second-order valence-corrected chi connectivity index (χ2v) is 8.22. The maximum Gasteiger partial charge on any atom is 0.255 e. The van der Waals surface area contributed by atoms with Crippen molar-refractivity contribution < 1.29 is 13.2 Å². The van der Waals surface area contributed by atoms with Gasteiger partial charge in [0.2, 0.25) is 10.0 Å². The van der Waals surface area contributed by atoms with E-state index in [0.29, 0.717) is 23.2 Å². The average molecular weight is 381 g/mol. The number of amides is 1. The summed E-state index contributed by atoms with van der Waals surface area (Å²) in [6.07, 6.45) is 0.742. The van der Waals surface area contributed by atoms with Gasteiger partial charge in [-0.2, -0.15) is 0 Å². The predicted molar refractivity (Wildman–Crippen MR) is 100 cm³/mol. The van der Waals surface area contributed by atoms with Crippen molar-refractivity contribution in [3.05, 3.63) is 59.1 Å². The average Bonchev–Trinajstić information content (AvgIpc) is 2.56. The van der Waals surface area contributed by atoms with Gasteiger partial charge in [0.25, 0.3) is 5.91 Å². The molecule has 2 N–H and O–H groups in total. The summed E-state index contributed by atoms with van der Waals surface area (Å²) in [5.74, 6) is -0.0252. The van der Waals surface area contributed by atoms with Gasteiger partial charge in [0.05, 0.1) is 15.6 Å². The quantitative estimate of drug-likeness (QED) is 0.764. The molecule has 2 aromatic carbocycles. The number of benzene rings is 2. The largest absolute Gasteiger partial charge is 0.321 e. The Labute approximate surface area is 153 Å². The van der Waals surface area contributed by atoms with Crippen molar-refractivity contribution in [2.24, 2.45) is 5.92 Å². The lowest BCUT2D eigenvalue weighted by Crippen LogP contribution is -2.26. The van der Waals surface area contributed by atoms with E-state index in [2.05, 4.69) is 10.0 Å². The standard InChI is InChI=1S/C18H21ClN2O3S/c1-13(2)10-11-20-25(23,24)15-7-5-6-14(12-15)18(22)21-17-9-4-3-8-16(17)19/h3-9,12-13,20H,10-11H2,1-2H3,(H,21,22). The van der Waals surface area contributed by atoms with Gasteiger partial charge in [0, 0.05) is 12.1 Å². The topological polar surface area (TPSA) is 75.3 Å². The van der Waals surface area contributed by atoms with E-state index in [1.165, 1.54) is 12.1 Å². The number of hydrogen-bond donors (Lipinski definition) is 2. The normalized spacial score (nSPS) is 11.5. The smallest absolute Gasteiger partial charge is 0.255 e. The lowest BCUT2D eigenvalue weighted by Gasteiger charge is -2.10. The van der Waals surface area contributed by atoms with E-state index in [1.54, 1.807) is 36.4 Å². The third-order valence-electron chi connectivity index (χ3n) is 3.54. The zero-order chi connectivity index (χ0) is 18.4. The SMILES string of the molecule is CC(C)CCNS(=O)(=O)c1cccc(C(=O)Nc2ccccc2Cl)c1. The molecule has 2 rings (SSSR count). The fraction of sp³-hybridized carbons (Fsp3) is 0.278. The zero-order valence-electron chi connectivity index (χ0n) is 14.1. The summed E-state index contributed by atoms with van der Waals surface area (Å²) in [7, 11) is -3.65. The summed E-state index contributed by atoms with van der Waals surface area (Å²) in [6.45, 7) is 4.40. The number of nitrogens with one attached hydrogen (secondary N) is 2. The van der Waals surface area contributed by atoms with Crippen molar-refractivity contribution in [2.75, 3.05) is 11.9 Å². The molecule has 7 heteroatoms. The van der Waals surface area contributed by atoms with Gasteiger partial charge in [-0.25, -0.2) is 13.1 Å². The number of sulfonamides is 1. The van der Waals surface area contributed by atoms with Crippen molar-refractivity contribution in [3.8, 4) is 0 Å². The molecule has 0 aliphatic carbocycles. The fourth-order valence-corrected chi connectivity index (χ4v) is 3.40. The van der Waals surface area contributed by atoms with Crippen LogP contribution >= 0.6 is 11.6 Å². The van der Waals surface area contributed by atoms with Gasteiger partial charge in [0.1, 0.15) is 0 Å². The highest BCUT2D eigenvalue weighted by Gasteiger charge is 2.16. The van der Waals surface area contributed by atoms with E-state index in [9.17, 15) is 13.2 Å². The zero-order valence-corrected chi connectivity index (χ0v) is 15.7. The minimum absolute atomic E-state index is 0.0584. The number of carbonyl (C=O) groups excluding carboxylic acids is 1. The van der Waals surface area contributed by atoms with Crippen molar-refractivity contribution >= 4 is 33.2 Å². The first-order valence-electron chi connectivity index (χ1n) is 7.95. The van der Waals surface area contributed by atoms with Gasteiger partial charge in [0.15, 0.2) is 0 Å². The number of hydrogen-bond acceptors (Lipinski definition) is 3. The molecule has 2 aromatic rings.